The number of rotatable bonds is 14. The first-order chi connectivity index (χ1) is 23.6. The number of carbonyl (C=O) groups excluding carboxylic acids is 5. The number of nitrogens with one attached hydrogen (secondary N) is 4. The summed E-state index contributed by atoms with van der Waals surface area (Å²) in [6.07, 6.45) is 2.90. The summed E-state index contributed by atoms with van der Waals surface area (Å²) in [5, 5.41) is 12.6. The predicted octanol–water partition coefficient (Wildman–Crippen LogP) is 3.56. The van der Waals surface area contributed by atoms with E-state index in [0.29, 0.717) is 12.8 Å². The number of nitrogens with zero attached hydrogens (tertiary/aromatic N) is 2. The number of halogens is 2. The number of alkyl halides is 2. The van der Waals surface area contributed by atoms with E-state index in [1.54, 1.807) is 32.2 Å². The van der Waals surface area contributed by atoms with Crippen molar-refractivity contribution in [2.45, 2.75) is 108 Å². The number of piperidine rings is 1. The highest BCUT2D eigenvalue weighted by Gasteiger charge is 2.74. The van der Waals surface area contributed by atoms with E-state index in [1.165, 1.54) is 26.6 Å². The highest BCUT2D eigenvalue weighted by Crippen LogP contribution is 2.65. The van der Waals surface area contributed by atoms with Crippen molar-refractivity contribution in [2.24, 2.45) is 22.7 Å². The molecule has 1 aromatic heterocycles. The van der Waals surface area contributed by atoms with Crippen LogP contribution in [0.15, 0.2) is 29.0 Å². The minimum absolute atomic E-state index is 0.0174. The molecule has 51 heavy (non-hydrogen) atoms. The maximum Gasteiger partial charge on any atom is 0.315 e. The van der Waals surface area contributed by atoms with Crippen molar-refractivity contribution in [3.8, 4) is 0 Å². The fourth-order valence-electron chi connectivity index (χ4n) is 6.58. The molecular weight excluding hydrogens is 739 g/mol. The fourth-order valence-corrected chi connectivity index (χ4v) is 10.3. The van der Waals surface area contributed by atoms with Crippen LogP contribution in [0.3, 0.4) is 0 Å². The zero-order valence-electron chi connectivity index (χ0n) is 30.2. The number of ketones is 1. The monoisotopic (exact) mass is 788 g/mol. The van der Waals surface area contributed by atoms with Gasteiger partial charge in [0.2, 0.25) is 27.6 Å². The van der Waals surface area contributed by atoms with E-state index < -0.39 is 90.7 Å². The average molecular weight is 790 g/mol. The molecule has 0 radical (unpaired) electrons. The first-order valence-electron chi connectivity index (χ1n) is 17.1. The van der Waals surface area contributed by atoms with E-state index in [2.05, 4.69) is 27.8 Å². The summed E-state index contributed by atoms with van der Waals surface area (Å²) in [4.78, 5) is 69.9. The number of amides is 5. The second kappa shape index (κ2) is 15.3. The summed E-state index contributed by atoms with van der Waals surface area (Å²) in [7, 11) is -3.71. The Hall–Kier alpha value is -2.72. The zero-order valence-corrected chi connectivity index (χ0v) is 33.3. The average Bonchev–Trinajstić information content (AvgIpc) is 3.48. The number of thiophene rings is 1. The summed E-state index contributed by atoms with van der Waals surface area (Å²) in [6, 6.07) is -3.16. The Morgan fingerprint density at radius 2 is 1.75 bits per heavy atom. The van der Waals surface area contributed by atoms with Gasteiger partial charge in [-0.05, 0) is 28.7 Å². The lowest BCUT2D eigenvalue weighted by Crippen LogP contribution is -2.62. The van der Waals surface area contributed by atoms with E-state index in [4.69, 9.17) is 23.2 Å². The minimum Gasteiger partial charge on any atom is -0.346 e. The van der Waals surface area contributed by atoms with Gasteiger partial charge in [0.25, 0.3) is 5.91 Å². The zero-order chi connectivity index (χ0) is 38.3. The van der Waals surface area contributed by atoms with Crippen LogP contribution in [-0.4, -0.2) is 95.3 Å². The lowest BCUT2D eigenvalue weighted by atomic mass is 9.85. The number of urea groups is 1. The molecule has 1 aliphatic carbocycles. The molecule has 4 N–H and O–H groups in total. The third kappa shape index (κ3) is 8.75. The van der Waals surface area contributed by atoms with Crippen molar-refractivity contribution in [3.05, 3.63) is 29.0 Å². The third-order valence-electron chi connectivity index (χ3n) is 9.76. The van der Waals surface area contributed by atoms with Crippen LogP contribution < -0.4 is 21.3 Å². The van der Waals surface area contributed by atoms with Gasteiger partial charge in [0.05, 0.1) is 10.9 Å². The van der Waals surface area contributed by atoms with Crippen molar-refractivity contribution in [3.63, 3.8) is 0 Å². The number of hydrogen-bond donors (Lipinski definition) is 4. The van der Waals surface area contributed by atoms with Gasteiger partial charge in [-0.1, -0.05) is 67.4 Å². The van der Waals surface area contributed by atoms with Crippen LogP contribution in [0.4, 0.5) is 4.79 Å². The molecule has 13 nitrogen and oxygen atoms in total. The molecule has 1 saturated heterocycles. The fraction of sp³-hybridized carbons (Fsp3) is 0.676. The van der Waals surface area contributed by atoms with Gasteiger partial charge in [-0.25, -0.2) is 13.2 Å². The number of hydrogen-bond acceptors (Lipinski definition) is 8. The van der Waals surface area contributed by atoms with Crippen LogP contribution in [0.2, 0.25) is 0 Å². The molecule has 17 heteroatoms. The van der Waals surface area contributed by atoms with Gasteiger partial charge in [0.1, 0.15) is 16.4 Å². The topological polar surface area (TPSA) is 174 Å². The van der Waals surface area contributed by atoms with Gasteiger partial charge >= 0.3 is 6.03 Å². The SMILES string of the molecule is C=CCNC(=O)C(=O)C(CCCC)NC(=O)C1[C@H]2[C@@H](CN1C(=O)C(NC(=O)NC(CN1Cc3sccc3S1(=O)=O)C(C)(C)C)C(C)(C)C)C2(Cl)Cl. The molecule has 3 heterocycles. The number of likely N-dealkylation sites (tertiary alicyclic amines) is 1. The number of unbranched alkanes of at least 4 members (excludes halogenated alkanes) is 1. The highest BCUT2D eigenvalue weighted by atomic mass is 35.5. The molecule has 6 atom stereocenters. The first-order valence-corrected chi connectivity index (χ1v) is 20.2. The molecule has 4 unspecified atom stereocenters. The number of fused-ring (bicyclic) bond motifs is 2. The van der Waals surface area contributed by atoms with E-state index >= 15 is 0 Å². The van der Waals surface area contributed by atoms with E-state index in [9.17, 15) is 32.4 Å². The molecule has 1 aromatic rings. The van der Waals surface area contributed by atoms with Crippen LogP contribution >= 0.6 is 34.5 Å². The molecular formula is C34H50Cl2N6O7S2. The smallest absolute Gasteiger partial charge is 0.315 e. The molecule has 4 rings (SSSR count). The summed E-state index contributed by atoms with van der Waals surface area (Å²) < 4.78 is 26.5. The van der Waals surface area contributed by atoms with Crippen molar-refractivity contribution in [2.75, 3.05) is 19.6 Å². The second-order valence-electron chi connectivity index (χ2n) is 15.6. The lowest BCUT2D eigenvalue weighted by Gasteiger charge is -2.38. The normalized spacial score (nSPS) is 23.6. The van der Waals surface area contributed by atoms with E-state index in [1.807, 2.05) is 27.7 Å². The molecule has 5 amide bonds. The molecule has 0 aromatic carbocycles. The molecule has 2 fully saturated rings. The summed E-state index contributed by atoms with van der Waals surface area (Å²) in [6.45, 7) is 16.8. The highest BCUT2D eigenvalue weighted by molar-refractivity contribution is 7.89. The number of Topliss-reactive ketones (excluding diaryl/α,β-unsaturated/α-hetero) is 1. The Kier molecular flexibility index (Phi) is 12.3. The predicted molar refractivity (Wildman–Crippen MR) is 197 cm³/mol. The molecule has 0 bridgehead atoms. The standard InChI is InChI=1S/C34H50Cl2N6O7S2/c1-9-11-12-20(26(43)29(45)37-14-10-2)38-28(44)25-24-19(34(24,35)36)16-42(25)30(46)27(33(6,7)8)40-31(47)39-23(32(3,4)5)18-41-17-21-22(13-15-50-21)51(41,48)49/h10,13,15,19-20,23-25,27H,2,9,11-12,14,16-18H2,1,3-8H3,(H,37,45)(H,38,44)(H2,39,40,47)/t19-,20?,23?,24-,25?,27?/m1/s1. The quantitative estimate of drug-likeness (QED) is 0.127. The van der Waals surface area contributed by atoms with Crippen LogP contribution in [0, 0.1) is 22.7 Å². The summed E-state index contributed by atoms with van der Waals surface area (Å²) in [5.74, 6) is -3.96. The van der Waals surface area contributed by atoms with Crippen LogP contribution in [0.5, 0.6) is 0 Å². The van der Waals surface area contributed by atoms with Gasteiger partial charge in [0, 0.05) is 48.9 Å². The molecule has 2 aliphatic heterocycles. The second-order valence-corrected chi connectivity index (χ2v) is 20.0. The van der Waals surface area contributed by atoms with Crippen LogP contribution in [-0.2, 0) is 35.7 Å². The Labute approximate surface area is 314 Å². The van der Waals surface area contributed by atoms with Gasteiger partial charge in [0.15, 0.2) is 0 Å². The minimum atomic E-state index is -3.71. The van der Waals surface area contributed by atoms with Crippen molar-refractivity contribution < 1.29 is 32.4 Å². The van der Waals surface area contributed by atoms with Gasteiger partial charge in [-0.2, -0.15) is 4.31 Å². The van der Waals surface area contributed by atoms with Crippen LogP contribution in [0.1, 0.15) is 72.6 Å². The molecule has 3 aliphatic rings. The Morgan fingerprint density at radius 1 is 1.08 bits per heavy atom. The maximum absolute atomic E-state index is 14.4. The van der Waals surface area contributed by atoms with Gasteiger partial charge in [-0.15, -0.1) is 41.1 Å². The Balaban J connectivity index is 1.53. The molecule has 284 valence electrons. The number of carbonyl (C=O) groups is 5. The van der Waals surface area contributed by atoms with Gasteiger partial charge in [-0.3, -0.25) is 19.2 Å². The third-order valence-corrected chi connectivity index (χ3v) is 13.8. The van der Waals surface area contributed by atoms with Crippen molar-refractivity contribution in [1.82, 2.24) is 30.5 Å². The Bertz CT molecular complexity index is 1650. The lowest BCUT2D eigenvalue weighted by molar-refractivity contribution is -0.144. The maximum atomic E-state index is 14.4. The number of sulfonamides is 1. The largest absolute Gasteiger partial charge is 0.346 e. The van der Waals surface area contributed by atoms with E-state index in [0.717, 1.165) is 4.88 Å². The van der Waals surface area contributed by atoms with Gasteiger partial charge < -0.3 is 26.2 Å². The molecule has 0 spiro atoms. The van der Waals surface area contributed by atoms with Crippen molar-refractivity contribution >= 4 is 74.1 Å². The summed E-state index contributed by atoms with van der Waals surface area (Å²) >= 11 is 14.5. The van der Waals surface area contributed by atoms with Crippen LogP contribution in [0.25, 0.3) is 0 Å². The molecule has 1 saturated carbocycles. The van der Waals surface area contributed by atoms with Crippen molar-refractivity contribution in [1.29, 1.82) is 0 Å². The Morgan fingerprint density at radius 3 is 2.31 bits per heavy atom. The van der Waals surface area contributed by atoms with E-state index in [-0.39, 0.29) is 37.5 Å². The summed E-state index contributed by atoms with van der Waals surface area (Å²) in [5.41, 5.74) is -1.41. The first kappa shape index (κ1) is 41.0.